The van der Waals surface area contributed by atoms with Crippen molar-refractivity contribution in [2.45, 2.75) is 32.2 Å². The minimum absolute atomic E-state index is 0.0785. The molecule has 0 radical (unpaired) electrons. The summed E-state index contributed by atoms with van der Waals surface area (Å²) in [5.74, 6) is 1.81. The number of oxazole rings is 1. The van der Waals surface area contributed by atoms with E-state index in [1.54, 1.807) is 16.2 Å². The van der Waals surface area contributed by atoms with Gasteiger partial charge in [0.25, 0.3) is 5.91 Å². The lowest BCUT2D eigenvalue weighted by atomic mass is 10.1. The molecular formula is C19H20N4O3S. The number of fused-ring (bicyclic) bond motifs is 1. The molecule has 5 heterocycles. The number of carbonyl (C=O) groups excluding carboxylic acids is 1. The number of hydrogen-bond donors (Lipinski definition) is 1. The number of aryl methyl sites for hydroxylation is 1. The molecular weight excluding hydrogens is 364 g/mol. The van der Waals surface area contributed by atoms with Gasteiger partial charge in [0.2, 0.25) is 0 Å². The molecule has 2 aliphatic rings. The van der Waals surface area contributed by atoms with Crippen LogP contribution in [0.2, 0.25) is 0 Å². The Balaban J connectivity index is 1.32. The van der Waals surface area contributed by atoms with Gasteiger partial charge >= 0.3 is 0 Å². The zero-order chi connectivity index (χ0) is 18.4. The molecule has 2 aliphatic heterocycles. The van der Waals surface area contributed by atoms with Gasteiger partial charge in [-0.25, -0.2) is 4.98 Å². The van der Waals surface area contributed by atoms with E-state index in [9.17, 15) is 4.79 Å². The molecule has 0 bridgehead atoms. The Morgan fingerprint density at radius 1 is 1.41 bits per heavy atom. The smallest absolute Gasteiger partial charge is 0.274 e. The third-order valence-corrected chi connectivity index (χ3v) is 6.15. The van der Waals surface area contributed by atoms with Crippen LogP contribution in [0.1, 0.15) is 45.0 Å². The average molecular weight is 384 g/mol. The van der Waals surface area contributed by atoms with Crippen LogP contribution >= 0.6 is 11.3 Å². The first-order valence-corrected chi connectivity index (χ1v) is 9.97. The van der Waals surface area contributed by atoms with E-state index < -0.39 is 0 Å². The summed E-state index contributed by atoms with van der Waals surface area (Å²) in [5, 5.41) is 7.21. The maximum absolute atomic E-state index is 12.9. The van der Waals surface area contributed by atoms with Crippen LogP contribution < -0.4 is 0 Å². The fourth-order valence-electron chi connectivity index (χ4n) is 3.59. The van der Waals surface area contributed by atoms with Crippen LogP contribution in [-0.4, -0.2) is 45.7 Å². The fourth-order valence-corrected chi connectivity index (χ4v) is 4.43. The second-order valence-electron chi connectivity index (χ2n) is 7.04. The average Bonchev–Trinajstić information content (AvgIpc) is 3.45. The van der Waals surface area contributed by atoms with Crippen molar-refractivity contribution in [2.24, 2.45) is 0 Å². The van der Waals surface area contributed by atoms with Gasteiger partial charge in [-0.05, 0) is 31.5 Å². The van der Waals surface area contributed by atoms with Crippen molar-refractivity contribution in [1.29, 1.82) is 0 Å². The van der Waals surface area contributed by atoms with Gasteiger partial charge in [0.1, 0.15) is 11.5 Å². The highest BCUT2D eigenvalue weighted by Crippen LogP contribution is 2.30. The Hall–Kier alpha value is -2.45. The number of aromatic nitrogens is 3. The molecule has 3 aromatic heterocycles. The van der Waals surface area contributed by atoms with E-state index in [0.717, 1.165) is 40.9 Å². The highest BCUT2D eigenvalue weighted by molar-refractivity contribution is 7.15. The van der Waals surface area contributed by atoms with Crippen LogP contribution in [0.3, 0.4) is 0 Å². The van der Waals surface area contributed by atoms with Gasteiger partial charge in [-0.15, -0.1) is 11.3 Å². The number of nitrogens with zero attached hydrogens (tertiary/aromatic N) is 3. The SMILES string of the molecule is Cc1ccc(-c2cc(C(=O)N3CCc4oc(C5CCOC5)nc4C3)n[nH]2)s1. The van der Waals surface area contributed by atoms with Crippen LogP contribution in [0.5, 0.6) is 0 Å². The number of rotatable bonds is 3. The normalized spacial score (nSPS) is 19.4. The molecule has 0 spiro atoms. The Labute approximate surface area is 160 Å². The fraction of sp³-hybridized carbons (Fsp3) is 0.421. The maximum Gasteiger partial charge on any atom is 0.274 e. The number of nitrogens with one attached hydrogen (secondary N) is 1. The lowest BCUT2D eigenvalue weighted by Crippen LogP contribution is -2.36. The quantitative estimate of drug-likeness (QED) is 0.750. The number of aromatic amines is 1. The van der Waals surface area contributed by atoms with E-state index in [-0.39, 0.29) is 11.8 Å². The molecule has 8 heteroatoms. The van der Waals surface area contributed by atoms with Crippen LogP contribution in [-0.2, 0) is 17.7 Å². The van der Waals surface area contributed by atoms with E-state index in [2.05, 4.69) is 28.2 Å². The number of hydrogen-bond acceptors (Lipinski definition) is 6. The second kappa shape index (κ2) is 6.61. The first-order chi connectivity index (χ1) is 13.2. The molecule has 27 heavy (non-hydrogen) atoms. The number of H-pyrrole nitrogens is 1. The van der Waals surface area contributed by atoms with E-state index >= 15 is 0 Å². The molecule has 0 aromatic carbocycles. The van der Waals surface area contributed by atoms with Crippen molar-refractivity contribution >= 4 is 17.2 Å². The van der Waals surface area contributed by atoms with Crippen molar-refractivity contribution in [2.75, 3.05) is 19.8 Å². The highest BCUT2D eigenvalue weighted by Gasteiger charge is 2.30. The second-order valence-corrected chi connectivity index (χ2v) is 8.32. The highest BCUT2D eigenvalue weighted by atomic mass is 32.1. The van der Waals surface area contributed by atoms with Crippen molar-refractivity contribution in [3.05, 3.63) is 46.1 Å². The summed E-state index contributed by atoms with van der Waals surface area (Å²) in [7, 11) is 0. The van der Waals surface area contributed by atoms with Crippen molar-refractivity contribution in [3.63, 3.8) is 0 Å². The van der Waals surface area contributed by atoms with Gasteiger partial charge < -0.3 is 14.1 Å². The topological polar surface area (TPSA) is 84.2 Å². The van der Waals surface area contributed by atoms with Crippen molar-refractivity contribution in [1.82, 2.24) is 20.1 Å². The lowest BCUT2D eigenvalue weighted by Gasteiger charge is -2.24. The molecule has 0 aliphatic carbocycles. The number of ether oxygens (including phenoxy) is 1. The molecule has 1 N–H and O–H groups in total. The minimum Gasteiger partial charge on any atom is -0.445 e. The molecule has 3 aromatic rings. The van der Waals surface area contributed by atoms with Crippen LogP contribution in [0.25, 0.3) is 10.6 Å². The molecule has 0 saturated carbocycles. The third-order valence-electron chi connectivity index (χ3n) is 5.11. The molecule has 1 fully saturated rings. The minimum atomic E-state index is -0.0785. The lowest BCUT2D eigenvalue weighted by molar-refractivity contribution is 0.0722. The van der Waals surface area contributed by atoms with Crippen LogP contribution in [0.15, 0.2) is 22.6 Å². The summed E-state index contributed by atoms with van der Waals surface area (Å²) in [6.07, 6.45) is 1.63. The van der Waals surface area contributed by atoms with Gasteiger partial charge in [-0.2, -0.15) is 5.10 Å². The third kappa shape index (κ3) is 3.08. The van der Waals surface area contributed by atoms with Crippen molar-refractivity contribution < 1.29 is 13.9 Å². The zero-order valence-corrected chi connectivity index (χ0v) is 15.8. The van der Waals surface area contributed by atoms with Crippen LogP contribution in [0, 0.1) is 6.92 Å². The van der Waals surface area contributed by atoms with E-state index in [1.165, 1.54) is 4.88 Å². The molecule has 1 atom stereocenters. The van der Waals surface area contributed by atoms with Gasteiger partial charge in [0, 0.05) is 24.4 Å². The van der Waals surface area contributed by atoms with Gasteiger partial charge in [-0.1, -0.05) is 0 Å². The van der Waals surface area contributed by atoms with Gasteiger partial charge in [0.15, 0.2) is 11.6 Å². The predicted octanol–water partition coefficient (Wildman–Crippen LogP) is 3.14. The number of thiophene rings is 1. The van der Waals surface area contributed by atoms with E-state index in [0.29, 0.717) is 31.8 Å². The van der Waals surface area contributed by atoms with Crippen LogP contribution in [0.4, 0.5) is 0 Å². The summed E-state index contributed by atoms with van der Waals surface area (Å²) < 4.78 is 11.4. The first kappa shape index (κ1) is 16.7. The predicted molar refractivity (Wildman–Crippen MR) is 99.8 cm³/mol. The number of carbonyl (C=O) groups is 1. The monoisotopic (exact) mass is 384 g/mol. The molecule has 140 valence electrons. The molecule has 7 nitrogen and oxygen atoms in total. The van der Waals surface area contributed by atoms with Crippen molar-refractivity contribution in [3.8, 4) is 10.6 Å². The summed E-state index contributed by atoms with van der Waals surface area (Å²) in [6.45, 7) is 4.56. The zero-order valence-electron chi connectivity index (χ0n) is 15.0. The Bertz CT molecular complexity index is 983. The summed E-state index contributed by atoms with van der Waals surface area (Å²) in [4.78, 5) is 21.6. The summed E-state index contributed by atoms with van der Waals surface area (Å²) in [6, 6.07) is 5.93. The summed E-state index contributed by atoms with van der Waals surface area (Å²) >= 11 is 1.68. The molecule has 1 amide bonds. The first-order valence-electron chi connectivity index (χ1n) is 9.15. The van der Waals surface area contributed by atoms with Gasteiger partial charge in [-0.3, -0.25) is 9.89 Å². The maximum atomic E-state index is 12.9. The largest absolute Gasteiger partial charge is 0.445 e. The molecule has 1 saturated heterocycles. The molecule has 5 rings (SSSR count). The van der Waals surface area contributed by atoms with Gasteiger partial charge in [0.05, 0.1) is 29.6 Å². The van der Waals surface area contributed by atoms with E-state index in [1.807, 2.05) is 12.1 Å². The Morgan fingerprint density at radius 2 is 2.33 bits per heavy atom. The summed E-state index contributed by atoms with van der Waals surface area (Å²) in [5.41, 5.74) is 2.17. The van der Waals surface area contributed by atoms with E-state index in [4.69, 9.17) is 9.15 Å². The standard InChI is InChI=1S/C19H20N4O3S/c1-11-2-3-17(27-11)13-8-14(22-21-13)19(24)23-6-4-16-15(9-23)20-18(26-16)12-5-7-25-10-12/h2-3,8,12H,4-7,9-10H2,1H3,(H,21,22). The molecule has 1 unspecified atom stereocenters. The Kier molecular flexibility index (Phi) is 4.09. The Morgan fingerprint density at radius 3 is 3.11 bits per heavy atom. The number of amides is 1.